The molecule has 0 bridgehead atoms. The van der Waals surface area contributed by atoms with E-state index in [9.17, 15) is 9.90 Å². The quantitative estimate of drug-likeness (QED) is 0.465. The summed E-state index contributed by atoms with van der Waals surface area (Å²) in [6, 6.07) is 12.6. The molecule has 0 spiro atoms. The molecule has 38 heavy (non-hydrogen) atoms. The summed E-state index contributed by atoms with van der Waals surface area (Å²) < 4.78 is 28.5. The van der Waals surface area contributed by atoms with Crippen LogP contribution in [0.1, 0.15) is 67.4 Å². The number of carbonyl (C=O) groups excluding carboxylic acids is 1. The van der Waals surface area contributed by atoms with Crippen molar-refractivity contribution in [3.05, 3.63) is 58.7 Å². The minimum Gasteiger partial charge on any atom is -0.486 e. The Morgan fingerprint density at radius 2 is 1.79 bits per heavy atom. The Balaban J connectivity index is 1.07. The second kappa shape index (κ2) is 11.1. The van der Waals surface area contributed by atoms with Crippen LogP contribution in [0, 0.1) is 17.8 Å². The lowest BCUT2D eigenvalue weighted by atomic mass is 9.53. The smallest absolute Gasteiger partial charge is 0.486 e. The third kappa shape index (κ3) is 5.50. The fourth-order valence-electron chi connectivity index (χ4n) is 6.53. The van der Waals surface area contributed by atoms with Crippen LogP contribution in [0.15, 0.2) is 36.4 Å². The average molecular weight is 523 g/mol. The Labute approximate surface area is 224 Å². The molecule has 2 aromatic rings. The van der Waals surface area contributed by atoms with Crippen molar-refractivity contribution >= 4 is 6.16 Å². The monoisotopic (exact) mass is 522 g/mol. The van der Waals surface area contributed by atoms with E-state index in [1.165, 1.54) is 30.4 Å². The van der Waals surface area contributed by atoms with Crippen molar-refractivity contribution < 1.29 is 33.6 Å². The first-order valence-corrected chi connectivity index (χ1v) is 14.2. The first-order valence-electron chi connectivity index (χ1n) is 14.2. The molecule has 2 aromatic carbocycles. The molecule has 7 nitrogen and oxygen atoms in total. The Kier molecular flexibility index (Phi) is 7.48. The number of aliphatic hydroxyl groups excluding tert-OH is 1. The first-order chi connectivity index (χ1) is 18.6. The molecule has 204 valence electrons. The van der Waals surface area contributed by atoms with Crippen LogP contribution in [0.3, 0.4) is 0 Å². The maximum absolute atomic E-state index is 12.2. The molecule has 6 unspecified atom stereocenters. The van der Waals surface area contributed by atoms with E-state index in [-0.39, 0.29) is 18.8 Å². The summed E-state index contributed by atoms with van der Waals surface area (Å²) in [5, 5.41) is 10.6. The van der Waals surface area contributed by atoms with Gasteiger partial charge in [0, 0.05) is 12.8 Å². The van der Waals surface area contributed by atoms with Crippen molar-refractivity contribution in [3.63, 3.8) is 0 Å². The van der Waals surface area contributed by atoms with Gasteiger partial charge in [-0.25, -0.2) is 4.79 Å². The molecule has 7 heteroatoms. The van der Waals surface area contributed by atoms with Gasteiger partial charge in [-0.15, -0.1) is 0 Å². The van der Waals surface area contributed by atoms with E-state index in [0.717, 1.165) is 47.3 Å². The second-order valence-corrected chi connectivity index (χ2v) is 11.3. The van der Waals surface area contributed by atoms with Crippen LogP contribution < -0.4 is 9.47 Å². The Morgan fingerprint density at radius 1 is 0.947 bits per heavy atom. The predicted molar refractivity (Wildman–Crippen MR) is 141 cm³/mol. The molecule has 3 fully saturated rings. The van der Waals surface area contributed by atoms with Crippen LogP contribution in [0.2, 0.25) is 0 Å². The number of rotatable bonds is 8. The summed E-state index contributed by atoms with van der Waals surface area (Å²) in [5.41, 5.74) is 4.69. The summed E-state index contributed by atoms with van der Waals surface area (Å²) in [5.74, 6) is 3.70. The van der Waals surface area contributed by atoms with Gasteiger partial charge in [0.2, 0.25) is 0 Å². The molecular weight excluding hydrogens is 484 g/mol. The third-order valence-corrected chi connectivity index (χ3v) is 8.85. The van der Waals surface area contributed by atoms with Crippen molar-refractivity contribution in [3.8, 4) is 11.5 Å². The van der Waals surface area contributed by atoms with Crippen LogP contribution in [-0.4, -0.2) is 49.9 Å². The molecule has 2 aliphatic carbocycles. The van der Waals surface area contributed by atoms with Gasteiger partial charge in [0.25, 0.3) is 0 Å². The van der Waals surface area contributed by atoms with E-state index < -0.39 is 12.3 Å². The molecule has 2 aliphatic heterocycles. The minimum absolute atomic E-state index is 0.0835. The van der Waals surface area contributed by atoms with Gasteiger partial charge >= 0.3 is 6.16 Å². The zero-order valence-corrected chi connectivity index (χ0v) is 22.1. The van der Waals surface area contributed by atoms with Crippen molar-refractivity contribution in [1.82, 2.24) is 0 Å². The lowest BCUT2D eigenvalue weighted by Gasteiger charge is -2.52. The van der Waals surface area contributed by atoms with Crippen LogP contribution in [0.4, 0.5) is 4.79 Å². The molecule has 4 aliphatic rings. The molecule has 1 saturated heterocycles. The molecule has 2 heterocycles. The number of carbonyl (C=O) groups is 1. The number of fused-ring (bicyclic) bond motifs is 2. The van der Waals surface area contributed by atoms with Crippen molar-refractivity contribution in [2.75, 3.05) is 26.4 Å². The van der Waals surface area contributed by atoms with Gasteiger partial charge in [0.1, 0.15) is 19.8 Å². The molecule has 6 rings (SSSR count). The Morgan fingerprint density at radius 3 is 2.55 bits per heavy atom. The lowest BCUT2D eigenvalue weighted by molar-refractivity contribution is -0.121. The highest BCUT2D eigenvalue weighted by Gasteiger charge is 2.47. The van der Waals surface area contributed by atoms with E-state index in [1.54, 1.807) is 0 Å². The van der Waals surface area contributed by atoms with Gasteiger partial charge in [-0.3, -0.25) is 0 Å². The zero-order valence-electron chi connectivity index (χ0n) is 22.1. The number of aliphatic hydroxyl groups is 1. The van der Waals surface area contributed by atoms with Crippen LogP contribution in [-0.2, 0) is 27.1 Å². The summed E-state index contributed by atoms with van der Waals surface area (Å²) in [7, 11) is 0. The SMILES string of the molecule is CCc1ccc(C2CC(O)CC(COC(=O)OCC3CC4CCC43)O2)cc1Cc1ccc2c(c1)OCCO2. The molecular formula is C31H38O7. The highest BCUT2D eigenvalue weighted by molar-refractivity contribution is 5.59. The maximum atomic E-state index is 12.2. The molecule has 1 N–H and O–H groups in total. The molecule has 0 amide bonds. The number of benzene rings is 2. The van der Waals surface area contributed by atoms with Gasteiger partial charge in [0.05, 0.1) is 24.9 Å². The van der Waals surface area contributed by atoms with Crippen molar-refractivity contribution in [1.29, 1.82) is 0 Å². The summed E-state index contributed by atoms with van der Waals surface area (Å²) in [6.45, 7) is 3.84. The third-order valence-electron chi connectivity index (χ3n) is 8.85. The Bertz CT molecular complexity index is 1150. The largest absolute Gasteiger partial charge is 0.508 e. The fraction of sp³-hybridized carbons (Fsp3) is 0.581. The van der Waals surface area contributed by atoms with Gasteiger partial charge in [-0.2, -0.15) is 0 Å². The van der Waals surface area contributed by atoms with Gasteiger partial charge in [0.15, 0.2) is 11.5 Å². The summed E-state index contributed by atoms with van der Waals surface area (Å²) in [4.78, 5) is 12.2. The number of aryl methyl sites for hydroxylation is 1. The van der Waals surface area contributed by atoms with E-state index in [4.69, 9.17) is 23.7 Å². The summed E-state index contributed by atoms with van der Waals surface area (Å²) >= 11 is 0. The van der Waals surface area contributed by atoms with Crippen molar-refractivity contribution in [2.45, 2.75) is 70.2 Å². The van der Waals surface area contributed by atoms with Gasteiger partial charge < -0.3 is 28.8 Å². The second-order valence-electron chi connectivity index (χ2n) is 11.3. The average Bonchev–Trinajstić information content (AvgIpc) is 2.92. The van der Waals surface area contributed by atoms with Crippen LogP contribution in [0.5, 0.6) is 11.5 Å². The normalized spacial score (nSPS) is 29.4. The minimum atomic E-state index is -0.637. The van der Waals surface area contributed by atoms with Gasteiger partial charge in [-0.1, -0.05) is 31.2 Å². The lowest BCUT2D eigenvalue weighted by Crippen LogP contribution is -2.46. The van der Waals surface area contributed by atoms with E-state index in [0.29, 0.717) is 38.6 Å². The number of hydrogen-bond donors (Lipinski definition) is 1. The van der Waals surface area contributed by atoms with E-state index in [2.05, 4.69) is 37.3 Å². The van der Waals surface area contributed by atoms with E-state index >= 15 is 0 Å². The maximum Gasteiger partial charge on any atom is 0.508 e. The summed E-state index contributed by atoms with van der Waals surface area (Å²) in [6.07, 6.45) is 4.62. The van der Waals surface area contributed by atoms with Crippen molar-refractivity contribution in [2.24, 2.45) is 17.8 Å². The van der Waals surface area contributed by atoms with Crippen LogP contribution >= 0.6 is 0 Å². The standard InChI is InChI=1S/C31H38O7/c1-2-20-4-5-22(14-23(20)11-19-3-8-28-30(12-19)35-10-9-34-28)29-16-25(32)15-26(38-29)18-37-31(33)36-17-24-13-21-6-7-27(21)24/h3-5,8,12,14,21,24-27,29,32H,2,6-7,9-11,13,15-18H2,1H3. The fourth-order valence-corrected chi connectivity index (χ4v) is 6.53. The zero-order chi connectivity index (χ0) is 26.1. The number of hydrogen-bond acceptors (Lipinski definition) is 7. The van der Waals surface area contributed by atoms with Gasteiger partial charge in [-0.05, 0) is 84.2 Å². The molecule has 2 saturated carbocycles. The van der Waals surface area contributed by atoms with E-state index in [1.807, 2.05) is 6.07 Å². The predicted octanol–water partition coefficient (Wildman–Crippen LogP) is 5.39. The molecule has 0 aromatic heterocycles. The molecule has 6 atom stereocenters. The highest BCUT2D eigenvalue weighted by atomic mass is 16.7. The molecule has 0 radical (unpaired) electrons. The number of ether oxygens (including phenoxy) is 5. The highest BCUT2D eigenvalue weighted by Crippen LogP contribution is 2.54. The topological polar surface area (TPSA) is 83.5 Å². The van der Waals surface area contributed by atoms with Crippen LogP contribution in [0.25, 0.3) is 0 Å². The first kappa shape index (κ1) is 25.5. The Hall–Kier alpha value is -2.77.